The predicted molar refractivity (Wildman–Crippen MR) is 165 cm³/mol. The number of rotatable bonds is 10. The minimum atomic E-state index is -4.11. The van der Waals surface area contributed by atoms with E-state index in [0.717, 1.165) is 27.8 Å². The van der Waals surface area contributed by atoms with E-state index >= 15 is 0 Å². The van der Waals surface area contributed by atoms with Gasteiger partial charge in [0.05, 0.1) is 10.6 Å². The number of anilines is 1. The van der Waals surface area contributed by atoms with Crippen molar-refractivity contribution in [1.29, 1.82) is 0 Å². The van der Waals surface area contributed by atoms with Gasteiger partial charge in [-0.15, -0.1) is 0 Å². The fourth-order valence-electron chi connectivity index (χ4n) is 4.70. The number of amides is 2. The summed E-state index contributed by atoms with van der Waals surface area (Å²) >= 11 is 0. The Kier molecular flexibility index (Phi) is 10.0. The van der Waals surface area contributed by atoms with E-state index < -0.39 is 34.1 Å². The Hall–Kier alpha value is -3.65. The zero-order valence-electron chi connectivity index (χ0n) is 25.5. The molecule has 0 aliphatic carbocycles. The van der Waals surface area contributed by atoms with Crippen molar-refractivity contribution in [2.45, 2.75) is 84.8 Å². The summed E-state index contributed by atoms with van der Waals surface area (Å²) in [5.74, 6) is -0.739. The van der Waals surface area contributed by atoms with E-state index in [1.807, 2.05) is 91.8 Å². The van der Waals surface area contributed by atoms with Crippen molar-refractivity contribution in [3.8, 4) is 0 Å². The molecule has 3 aromatic carbocycles. The number of benzene rings is 3. The molecule has 2 amide bonds. The highest BCUT2D eigenvalue weighted by Crippen LogP contribution is 2.28. The molecule has 0 saturated carbocycles. The Morgan fingerprint density at radius 2 is 1.37 bits per heavy atom. The van der Waals surface area contributed by atoms with Gasteiger partial charge < -0.3 is 10.2 Å². The lowest BCUT2D eigenvalue weighted by Gasteiger charge is -2.35. The lowest BCUT2D eigenvalue weighted by Crippen LogP contribution is -2.55. The molecule has 0 aromatic heterocycles. The number of carbonyl (C=O) groups excluding carboxylic acids is 2. The molecule has 41 heavy (non-hydrogen) atoms. The van der Waals surface area contributed by atoms with Crippen LogP contribution in [0.4, 0.5) is 5.69 Å². The maximum Gasteiger partial charge on any atom is 0.264 e. The molecule has 0 heterocycles. The van der Waals surface area contributed by atoms with Gasteiger partial charge in [0.15, 0.2) is 0 Å². The van der Waals surface area contributed by atoms with E-state index in [0.29, 0.717) is 12.1 Å². The first-order valence-electron chi connectivity index (χ1n) is 14.0. The Bertz CT molecular complexity index is 1470. The van der Waals surface area contributed by atoms with Crippen LogP contribution in [0.25, 0.3) is 0 Å². The average Bonchev–Trinajstić information content (AvgIpc) is 2.87. The molecule has 0 bridgehead atoms. The number of hydrogen-bond acceptors (Lipinski definition) is 4. The van der Waals surface area contributed by atoms with Gasteiger partial charge in [-0.05, 0) is 84.2 Å². The quantitative estimate of drug-likeness (QED) is 0.328. The Balaban J connectivity index is 2.10. The van der Waals surface area contributed by atoms with Gasteiger partial charge in [-0.1, -0.05) is 72.1 Å². The molecule has 3 rings (SSSR count). The highest BCUT2D eigenvalue weighted by Gasteiger charge is 2.35. The van der Waals surface area contributed by atoms with Crippen LogP contribution < -0.4 is 9.62 Å². The molecule has 0 spiro atoms. The summed E-state index contributed by atoms with van der Waals surface area (Å²) in [5.41, 5.74) is 4.50. The molecular formula is C33H43N3O4S. The molecule has 7 nitrogen and oxygen atoms in total. The lowest BCUT2D eigenvalue weighted by molar-refractivity contribution is -0.141. The Morgan fingerprint density at radius 1 is 0.829 bits per heavy atom. The van der Waals surface area contributed by atoms with Gasteiger partial charge in [-0.3, -0.25) is 13.9 Å². The second-order valence-electron chi connectivity index (χ2n) is 11.8. The Labute approximate surface area is 245 Å². The zero-order chi connectivity index (χ0) is 30.5. The summed E-state index contributed by atoms with van der Waals surface area (Å²) < 4.78 is 29.3. The molecule has 220 valence electrons. The molecule has 0 radical (unpaired) electrons. The van der Waals surface area contributed by atoms with E-state index in [9.17, 15) is 18.0 Å². The lowest BCUT2D eigenvalue weighted by atomic mass is 10.1. The van der Waals surface area contributed by atoms with Gasteiger partial charge in [0.25, 0.3) is 10.0 Å². The van der Waals surface area contributed by atoms with Crippen molar-refractivity contribution < 1.29 is 18.0 Å². The summed E-state index contributed by atoms with van der Waals surface area (Å²) in [4.78, 5) is 29.3. The van der Waals surface area contributed by atoms with Crippen LogP contribution in [-0.4, -0.2) is 43.3 Å². The second kappa shape index (κ2) is 12.9. The highest BCUT2D eigenvalue weighted by atomic mass is 32.2. The van der Waals surface area contributed by atoms with E-state index in [1.165, 1.54) is 9.21 Å². The number of carbonyl (C=O) groups is 2. The van der Waals surface area contributed by atoms with Crippen LogP contribution in [0.3, 0.4) is 0 Å². The number of hydrogen-bond donors (Lipinski definition) is 1. The number of sulfonamides is 1. The van der Waals surface area contributed by atoms with Crippen molar-refractivity contribution in [1.82, 2.24) is 10.2 Å². The van der Waals surface area contributed by atoms with Crippen molar-refractivity contribution >= 4 is 27.5 Å². The first-order valence-corrected chi connectivity index (χ1v) is 15.4. The van der Waals surface area contributed by atoms with E-state index in [4.69, 9.17) is 0 Å². The van der Waals surface area contributed by atoms with E-state index in [2.05, 4.69) is 5.32 Å². The van der Waals surface area contributed by atoms with Crippen LogP contribution in [0.2, 0.25) is 0 Å². The fourth-order valence-corrected chi connectivity index (χ4v) is 6.18. The van der Waals surface area contributed by atoms with Crippen LogP contribution in [0.1, 0.15) is 61.9 Å². The molecule has 0 saturated heterocycles. The van der Waals surface area contributed by atoms with Crippen LogP contribution in [0.15, 0.2) is 71.6 Å². The van der Waals surface area contributed by atoms with Gasteiger partial charge in [-0.25, -0.2) is 8.42 Å². The first kappa shape index (κ1) is 31.9. The topological polar surface area (TPSA) is 86.8 Å². The van der Waals surface area contributed by atoms with Gasteiger partial charge in [0.1, 0.15) is 12.6 Å². The average molecular weight is 578 g/mol. The summed E-state index contributed by atoms with van der Waals surface area (Å²) in [7, 11) is -4.11. The van der Waals surface area contributed by atoms with E-state index in [1.54, 1.807) is 30.3 Å². The largest absolute Gasteiger partial charge is 0.350 e. The first-order chi connectivity index (χ1) is 19.1. The minimum Gasteiger partial charge on any atom is -0.350 e. The smallest absolute Gasteiger partial charge is 0.264 e. The van der Waals surface area contributed by atoms with Gasteiger partial charge >= 0.3 is 0 Å². The van der Waals surface area contributed by atoms with E-state index in [-0.39, 0.29) is 17.3 Å². The second-order valence-corrected chi connectivity index (χ2v) is 13.6. The number of nitrogens with one attached hydrogen (secondary N) is 1. The van der Waals surface area contributed by atoms with Crippen LogP contribution >= 0.6 is 0 Å². The molecule has 8 heteroatoms. The predicted octanol–water partition coefficient (Wildman–Crippen LogP) is 5.84. The third-order valence-corrected chi connectivity index (χ3v) is 8.64. The van der Waals surface area contributed by atoms with Crippen molar-refractivity contribution in [3.05, 3.63) is 94.5 Å². The molecule has 0 unspecified atom stereocenters. The summed E-state index contributed by atoms with van der Waals surface area (Å²) in [6.45, 7) is 14.9. The van der Waals surface area contributed by atoms with Crippen LogP contribution in [0.5, 0.6) is 0 Å². The zero-order valence-corrected chi connectivity index (χ0v) is 26.3. The van der Waals surface area contributed by atoms with Gasteiger partial charge in [0, 0.05) is 12.1 Å². The molecule has 0 aliphatic rings. The normalized spacial score (nSPS) is 12.5. The molecule has 0 fully saturated rings. The van der Waals surface area contributed by atoms with Crippen molar-refractivity contribution in [2.75, 3.05) is 10.8 Å². The molecule has 3 aromatic rings. The third kappa shape index (κ3) is 8.19. The molecule has 1 N–H and O–H groups in total. The number of nitrogens with zero attached hydrogens (tertiary/aromatic N) is 2. The van der Waals surface area contributed by atoms with Crippen molar-refractivity contribution in [2.24, 2.45) is 0 Å². The van der Waals surface area contributed by atoms with Gasteiger partial charge in [0.2, 0.25) is 11.8 Å². The fraction of sp³-hybridized carbons (Fsp3) is 0.394. The maximum absolute atomic E-state index is 14.2. The minimum absolute atomic E-state index is 0.0958. The summed E-state index contributed by atoms with van der Waals surface area (Å²) in [6.07, 6.45) is 0.369. The summed E-state index contributed by atoms with van der Waals surface area (Å²) in [5, 5.41) is 3.00. The molecule has 1 atom stereocenters. The Morgan fingerprint density at radius 3 is 1.88 bits per heavy atom. The maximum atomic E-state index is 14.2. The number of aryl methyl sites for hydroxylation is 4. The molecule has 0 aliphatic heterocycles. The molecular weight excluding hydrogens is 534 g/mol. The highest BCUT2D eigenvalue weighted by molar-refractivity contribution is 7.92. The SMILES string of the molecule is CC[C@H](C(=O)NC(C)(C)C)N(Cc1ccc(C)cc1)C(=O)CN(c1ccc(C)cc1C)S(=O)(=O)c1ccc(C)cc1. The van der Waals surface area contributed by atoms with Crippen molar-refractivity contribution in [3.63, 3.8) is 0 Å². The third-order valence-electron chi connectivity index (χ3n) is 6.87. The van der Waals surface area contributed by atoms with Crippen LogP contribution in [0, 0.1) is 27.7 Å². The van der Waals surface area contributed by atoms with Gasteiger partial charge in [-0.2, -0.15) is 0 Å². The van der Waals surface area contributed by atoms with Crippen LogP contribution in [-0.2, 0) is 26.2 Å². The monoisotopic (exact) mass is 577 g/mol. The summed E-state index contributed by atoms with van der Waals surface area (Å²) in [6, 6.07) is 19.0. The standard InChI is InChI=1S/C33H43N3O4S/c1-9-29(32(38)34-33(6,7)8)35(21-27-15-10-23(2)11-16-27)31(37)22-36(30-19-14-25(4)20-26(30)5)41(39,40)28-17-12-24(3)13-18-28/h10-20,29H,9,21-22H2,1-8H3,(H,34,38)/t29-/m1/s1.